The summed E-state index contributed by atoms with van der Waals surface area (Å²) in [5.41, 5.74) is 1.92. The van der Waals surface area contributed by atoms with Gasteiger partial charge < -0.3 is 9.47 Å². The molecule has 0 N–H and O–H groups in total. The topological polar surface area (TPSA) is 51.0 Å². The van der Waals surface area contributed by atoms with Crippen LogP contribution in [0.25, 0.3) is 11.2 Å². The van der Waals surface area contributed by atoms with E-state index >= 15 is 0 Å². The molecule has 2 aromatic heterocycles. The van der Waals surface area contributed by atoms with Crippen molar-refractivity contribution in [3.63, 3.8) is 0 Å². The molecule has 1 amide bonds. The second kappa shape index (κ2) is 7.32. The van der Waals surface area contributed by atoms with Crippen LogP contribution in [0.15, 0.2) is 18.3 Å². The molecule has 130 valence electrons. The summed E-state index contributed by atoms with van der Waals surface area (Å²) in [5.74, 6) is 1.58. The fraction of sp³-hybridized carbons (Fsp3) is 0.632. The summed E-state index contributed by atoms with van der Waals surface area (Å²) in [7, 11) is 0. The number of hydrogen-bond acceptors (Lipinski definition) is 3. The van der Waals surface area contributed by atoms with Crippen molar-refractivity contribution >= 4 is 17.1 Å². The average Bonchev–Trinajstić information content (AvgIpc) is 3.20. The van der Waals surface area contributed by atoms with Crippen molar-refractivity contribution in [2.45, 2.75) is 58.9 Å². The highest BCUT2D eigenvalue weighted by Gasteiger charge is 2.32. The van der Waals surface area contributed by atoms with Gasteiger partial charge in [0.1, 0.15) is 11.3 Å². The van der Waals surface area contributed by atoms with Crippen molar-refractivity contribution < 1.29 is 4.79 Å². The third-order valence-corrected chi connectivity index (χ3v) is 5.17. The van der Waals surface area contributed by atoms with Gasteiger partial charge in [-0.1, -0.05) is 20.8 Å². The fourth-order valence-corrected chi connectivity index (χ4v) is 3.81. The lowest BCUT2D eigenvalue weighted by Crippen LogP contribution is -2.34. The number of carbonyl (C=O) groups is 1. The van der Waals surface area contributed by atoms with Gasteiger partial charge in [-0.2, -0.15) is 0 Å². The third-order valence-electron chi connectivity index (χ3n) is 5.17. The van der Waals surface area contributed by atoms with Gasteiger partial charge in [-0.15, -0.1) is 0 Å². The molecule has 0 aromatic carbocycles. The van der Waals surface area contributed by atoms with Gasteiger partial charge in [0.15, 0.2) is 5.65 Å². The molecule has 24 heavy (non-hydrogen) atoms. The maximum absolute atomic E-state index is 12.7. The summed E-state index contributed by atoms with van der Waals surface area (Å²) in [4.78, 5) is 24.1. The molecule has 1 fully saturated rings. The molecule has 0 aliphatic carbocycles. The molecule has 3 heterocycles. The van der Waals surface area contributed by atoms with Crippen LogP contribution in [0.2, 0.25) is 0 Å². The zero-order valence-electron chi connectivity index (χ0n) is 15.0. The van der Waals surface area contributed by atoms with E-state index < -0.39 is 0 Å². The predicted octanol–water partition coefficient (Wildman–Crippen LogP) is 3.59. The summed E-state index contributed by atoms with van der Waals surface area (Å²) in [6.45, 7) is 8.01. The molecule has 0 bridgehead atoms. The van der Waals surface area contributed by atoms with Gasteiger partial charge >= 0.3 is 0 Å². The number of pyridine rings is 1. The highest BCUT2D eigenvalue weighted by molar-refractivity contribution is 5.79. The zero-order valence-corrected chi connectivity index (χ0v) is 15.0. The smallest absolute Gasteiger partial charge is 0.225 e. The van der Waals surface area contributed by atoms with Gasteiger partial charge in [-0.05, 0) is 37.8 Å². The van der Waals surface area contributed by atoms with Crippen LogP contribution < -0.4 is 0 Å². The lowest BCUT2D eigenvalue weighted by Gasteiger charge is -2.22. The normalized spacial score (nSPS) is 18.0. The molecule has 3 rings (SSSR count). The zero-order chi connectivity index (χ0) is 17.1. The van der Waals surface area contributed by atoms with Gasteiger partial charge in [0, 0.05) is 31.6 Å². The van der Waals surface area contributed by atoms with E-state index in [0.717, 1.165) is 62.2 Å². The second-order valence-corrected chi connectivity index (χ2v) is 6.73. The van der Waals surface area contributed by atoms with Crippen LogP contribution >= 0.6 is 0 Å². The third kappa shape index (κ3) is 3.04. The van der Waals surface area contributed by atoms with Crippen LogP contribution in [0.3, 0.4) is 0 Å². The summed E-state index contributed by atoms with van der Waals surface area (Å²) < 4.78 is 2.29. The molecule has 1 saturated heterocycles. The van der Waals surface area contributed by atoms with E-state index in [1.165, 1.54) is 0 Å². The van der Waals surface area contributed by atoms with E-state index in [9.17, 15) is 4.79 Å². The maximum atomic E-state index is 12.7. The number of carbonyl (C=O) groups excluding carboxylic acids is 1. The molecule has 5 heteroatoms. The maximum Gasteiger partial charge on any atom is 0.225 e. The Morgan fingerprint density at radius 1 is 1.33 bits per heavy atom. The molecule has 0 unspecified atom stereocenters. The summed E-state index contributed by atoms with van der Waals surface area (Å²) >= 11 is 0. The van der Waals surface area contributed by atoms with Crippen LogP contribution in [-0.4, -0.2) is 38.4 Å². The van der Waals surface area contributed by atoms with E-state index in [4.69, 9.17) is 4.98 Å². The van der Waals surface area contributed by atoms with E-state index in [2.05, 4.69) is 30.3 Å². The Balaban J connectivity index is 1.86. The Labute approximate surface area is 144 Å². The Kier molecular flexibility index (Phi) is 5.17. The molecule has 2 aromatic rings. The first kappa shape index (κ1) is 16.9. The van der Waals surface area contributed by atoms with Gasteiger partial charge in [0.05, 0.1) is 6.04 Å². The quantitative estimate of drug-likeness (QED) is 0.814. The number of hydrogen-bond donors (Lipinski definition) is 0. The summed E-state index contributed by atoms with van der Waals surface area (Å²) in [5, 5.41) is 0. The van der Waals surface area contributed by atoms with Crippen molar-refractivity contribution in [3.8, 4) is 0 Å². The van der Waals surface area contributed by atoms with Crippen molar-refractivity contribution in [2.24, 2.45) is 5.92 Å². The number of fused-ring (bicyclic) bond motifs is 1. The van der Waals surface area contributed by atoms with Crippen LogP contribution in [0, 0.1) is 5.92 Å². The molecule has 0 saturated carbocycles. The summed E-state index contributed by atoms with van der Waals surface area (Å²) in [6, 6.07) is 4.26. The molecule has 0 radical (unpaired) electrons. The SMILES string of the molecule is CCCc1nc2cccnc2n1[C@H]1CCN(C(=O)C(CC)CC)C1. The molecule has 1 atom stereocenters. The largest absolute Gasteiger partial charge is 0.340 e. The number of aromatic nitrogens is 3. The molecular formula is C19H28N4O. The van der Waals surface area contributed by atoms with Crippen LogP contribution in [0.5, 0.6) is 0 Å². The Bertz CT molecular complexity index is 704. The van der Waals surface area contributed by atoms with Crippen molar-refractivity contribution in [2.75, 3.05) is 13.1 Å². The Morgan fingerprint density at radius 2 is 2.12 bits per heavy atom. The highest BCUT2D eigenvalue weighted by atomic mass is 16.2. The van der Waals surface area contributed by atoms with Gasteiger partial charge in [0.2, 0.25) is 5.91 Å². The second-order valence-electron chi connectivity index (χ2n) is 6.73. The average molecular weight is 328 g/mol. The Morgan fingerprint density at radius 3 is 2.83 bits per heavy atom. The minimum atomic E-state index is 0.163. The first-order valence-corrected chi connectivity index (χ1v) is 9.30. The van der Waals surface area contributed by atoms with Crippen molar-refractivity contribution in [1.29, 1.82) is 0 Å². The van der Waals surface area contributed by atoms with E-state index in [1.807, 2.05) is 23.2 Å². The predicted molar refractivity (Wildman–Crippen MR) is 95.8 cm³/mol. The van der Waals surface area contributed by atoms with Gasteiger partial charge in [-0.3, -0.25) is 4.79 Å². The number of imidazole rings is 1. The van der Waals surface area contributed by atoms with Crippen molar-refractivity contribution in [3.05, 3.63) is 24.2 Å². The van der Waals surface area contributed by atoms with E-state index in [-0.39, 0.29) is 5.92 Å². The minimum Gasteiger partial charge on any atom is -0.340 e. The lowest BCUT2D eigenvalue weighted by atomic mass is 10.0. The van der Waals surface area contributed by atoms with E-state index in [0.29, 0.717) is 11.9 Å². The number of likely N-dealkylation sites (tertiary alicyclic amines) is 1. The van der Waals surface area contributed by atoms with Crippen molar-refractivity contribution in [1.82, 2.24) is 19.4 Å². The van der Waals surface area contributed by atoms with Gasteiger partial charge in [0.25, 0.3) is 0 Å². The molecule has 0 spiro atoms. The fourth-order valence-electron chi connectivity index (χ4n) is 3.81. The Hall–Kier alpha value is -1.91. The molecule has 1 aliphatic heterocycles. The first-order valence-electron chi connectivity index (χ1n) is 9.30. The number of aryl methyl sites for hydroxylation is 1. The standard InChI is InChI=1S/C19H28N4O/c1-4-8-17-21-16-9-7-11-20-18(16)23(17)15-10-12-22(13-15)19(24)14(5-2)6-3/h7,9,11,14-15H,4-6,8,10,12-13H2,1-3H3/t15-/m0/s1. The minimum absolute atomic E-state index is 0.163. The first-order chi connectivity index (χ1) is 11.7. The van der Waals surface area contributed by atoms with Crippen LogP contribution in [0.1, 0.15) is 58.3 Å². The summed E-state index contributed by atoms with van der Waals surface area (Å²) in [6.07, 6.45) is 6.68. The molecular weight excluding hydrogens is 300 g/mol. The van der Waals surface area contributed by atoms with Crippen LogP contribution in [0.4, 0.5) is 0 Å². The van der Waals surface area contributed by atoms with E-state index in [1.54, 1.807) is 0 Å². The number of rotatable bonds is 6. The van der Waals surface area contributed by atoms with Gasteiger partial charge in [-0.25, -0.2) is 9.97 Å². The number of nitrogens with zero attached hydrogens (tertiary/aromatic N) is 4. The monoisotopic (exact) mass is 328 g/mol. The molecule has 5 nitrogen and oxygen atoms in total. The highest BCUT2D eigenvalue weighted by Crippen LogP contribution is 2.29. The molecule has 1 aliphatic rings. The number of amides is 1. The van der Waals surface area contributed by atoms with Crippen LogP contribution in [-0.2, 0) is 11.2 Å². The lowest BCUT2D eigenvalue weighted by molar-refractivity contribution is -0.134.